The molecule has 0 radical (unpaired) electrons. The van der Waals surface area contributed by atoms with Gasteiger partial charge >= 0.3 is 104 Å². The monoisotopic (exact) mass is 293 g/mol. The van der Waals surface area contributed by atoms with Crippen molar-refractivity contribution >= 4 is 31.7 Å². The fourth-order valence-electron chi connectivity index (χ4n) is 1.71. The second kappa shape index (κ2) is 4.31. The summed E-state index contributed by atoms with van der Waals surface area (Å²) in [4.78, 5) is 0. The molecule has 0 saturated carbocycles. The van der Waals surface area contributed by atoms with Gasteiger partial charge in [-0.2, -0.15) is 0 Å². The molecule has 17 heavy (non-hydrogen) atoms. The first-order valence-electron chi connectivity index (χ1n) is 5.26. The summed E-state index contributed by atoms with van der Waals surface area (Å²) in [6, 6.07) is 8.05. The van der Waals surface area contributed by atoms with Crippen LogP contribution in [0.25, 0.3) is 11.0 Å². The van der Waals surface area contributed by atoms with Crippen molar-refractivity contribution in [2.75, 3.05) is 5.32 Å². The van der Waals surface area contributed by atoms with Crippen LogP contribution in [0.4, 0.5) is 5.69 Å². The molecule has 2 aromatic heterocycles. The van der Waals surface area contributed by atoms with Gasteiger partial charge in [-0.1, -0.05) is 0 Å². The summed E-state index contributed by atoms with van der Waals surface area (Å²) in [5.74, 6) is 0. The van der Waals surface area contributed by atoms with Crippen molar-refractivity contribution in [1.29, 1.82) is 0 Å². The topological polar surface area (TPSA) is 55.6 Å². The molecule has 0 aliphatic carbocycles. The molecular formula is C11H11N5Se. The Morgan fingerprint density at radius 3 is 3.06 bits per heavy atom. The molecule has 6 heteroatoms. The molecule has 5 nitrogen and oxygen atoms in total. The van der Waals surface area contributed by atoms with Gasteiger partial charge < -0.3 is 0 Å². The quantitative estimate of drug-likeness (QED) is 0.733. The number of anilines is 1. The molecule has 86 valence electrons. The fraction of sp³-hybridized carbons (Fsp3) is 0.182. The van der Waals surface area contributed by atoms with Crippen LogP contribution in [0.2, 0.25) is 0 Å². The molecule has 0 spiro atoms. The number of aryl methyl sites for hydroxylation is 1. The number of rotatable bonds is 3. The molecule has 3 rings (SSSR count). The van der Waals surface area contributed by atoms with E-state index < -0.39 is 0 Å². The molecule has 0 aliphatic heterocycles. The second-order valence-electron chi connectivity index (χ2n) is 3.74. The van der Waals surface area contributed by atoms with Crippen LogP contribution in [0.5, 0.6) is 0 Å². The van der Waals surface area contributed by atoms with Crippen LogP contribution in [0.3, 0.4) is 0 Å². The second-order valence-corrected chi connectivity index (χ2v) is 4.85. The summed E-state index contributed by atoms with van der Waals surface area (Å²) in [5, 5.41) is 7.52. The summed E-state index contributed by atoms with van der Waals surface area (Å²) in [7, 11) is 1.94. The van der Waals surface area contributed by atoms with E-state index >= 15 is 0 Å². The zero-order valence-corrected chi connectivity index (χ0v) is 11.0. The number of fused-ring (bicyclic) bond motifs is 1. The van der Waals surface area contributed by atoms with Gasteiger partial charge in [0.15, 0.2) is 0 Å². The van der Waals surface area contributed by atoms with Gasteiger partial charge in [0.25, 0.3) is 0 Å². The van der Waals surface area contributed by atoms with Crippen LogP contribution < -0.4 is 5.32 Å². The summed E-state index contributed by atoms with van der Waals surface area (Å²) >= 11 is 0.0205. The van der Waals surface area contributed by atoms with Gasteiger partial charge in [0.05, 0.1) is 0 Å². The van der Waals surface area contributed by atoms with E-state index in [2.05, 4.69) is 18.4 Å². The molecule has 0 amide bonds. The van der Waals surface area contributed by atoms with Gasteiger partial charge in [-0.3, -0.25) is 0 Å². The molecule has 0 saturated heterocycles. The normalized spacial score (nSPS) is 10.9. The third-order valence-electron chi connectivity index (χ3n) is 2.67. The first kappa shape index (κ1) is 10.5. The Morgan fingerprint density at radius 2 is 2.24 bits per heavy atom. The van der Waals surface area contributed by atoms with E-state index in [-0.39, 0.29) is 15.0 Å². The number of aromatic nitrogens is 4. The zero-order chi connectivity index (χ0) is 11.7. The third kappa shape index (κ3) is 1.97. The van der Waals surface area contributed by atoms with Crippen LogP contribution in [-0.4, -0.2) is 32.7 Å². The Labute approximate surface area is 105 Å². The number of hydrogen-bond acceptors (Lipinski definition) is 4. The molecule has 0 atom stereocenters. The Kier molecular flexibility index (Phi) is 2.66. The predicted molar refractivity (Wildman–Crippen MR) is 67.0 cm³/mol. The molecule has 0 unspecified atom stereocenters. The van der Waals surface area contributed by atoms with E-state index in [4.69, 9.17) is 0 Å². The van der Waals surface area contributed by atoms with Gasteiger partial charge in [-0.15, -0.1) is 0 Å². The minimum absolute atomic E-state index is 0.0205. The molecule has 2 heterocycles. The average molecular weight is 292 g/mol. The summed E-state index contributed by atoms with van der Waals surface area (Å²) in [5.41, 5.74) is 4.18. The first-order valence-corrected chi connectivity index (χ1v) is 6.80. The van der Waals surface area contributed by atoms with Crippen LogP contribution in [0.1, 0.15) is 5.69 Å². The van der Waals surface area contributed by atoms with E-state index in [1.807, 2.05) is 36.0 Å². The van der Waals surface area contributed by atoms with Gasteiger partial charge in [-0.25, -0.2) is 0 Å². The van der Waals surface area contributed by atoms with Gasteiger partial charge in [-0.05, 0) is 0 Å². The van der Waals surface area contributed by atoms with Crippen LogP contribution in [0.15, 0.2) is 30.5 Å². The Hall–Kier alpha value is -1.65. The summed E-state index contributed by atoms with van der Waals surface area (Å²) < 4.78 is 10.7. The Bertz CT molecular complexity index is 642. The minimum atomic E-state index is 0.0205. The number of hydrogen-bond donors (Lipinski definition) is 1. The van der Waals surface area contributed by atoms with E-state index in [0.717, 1.165) is 29.0 Å². The van der Waals surface area contributed by atoms with Crippen molar-refractivity contribution in [2.45, 2.75) is 6.54 Å². The van der Waals surface area contributed by atoms with Gasteiger partial charge in [0, 0.05) is 0 Å². The van der Waals surface area contributed by atoms with Crippen molar-refractivity contribution in [2.24, 2.45) is 7.05 Å². The molecule has 1 aromatic carbocycles. The number of nitrogens with one attached hydrogen (secondary N) is 1. The molecule has 0 aliphatic rings. The Morgan fingerprint density at radius 1 is 1.29 bits per heavy atom. The molecule has 0 fully saturated rings. The van der Waals surface area contributed by atoms with Crippen molar-refractivity contribution in [3.05, 3.63) is 36.2 Å². The maximum absolute atomic E-state index is 4.43. The predicted octanol–water partition coefficient (Wildman–Crippen LogP) is 1.03. The van der Waals surface area contributed by atoms with Crippen molar-refractivity contribution in [3.8, 4) is 0 Å². The number of nitrogens with zero attached hydrogens (tertiary/aromatic N) is 4. The van der Waals surface area contributed by atoms with Crippen molar-refractivity contribution < 1.29 is 0 Å². The molecule has 1 N–H and O–H groups in total. The van der Waals surface area contributed by atoms with Crippen LogP contribution >= 0.6 is 0 Å². The van der Waals surface area contributed by atoms with E-state index in [1.165, 1.54) is 0 Å². The molecular weight excluding hydrogens is 281 g/mol. The van der Waals surface area contributed by atoms with Crippen LogP contribution in [-0.2, 0) is 13.6 Å². The van der Waals surface area contributed by atoms with E-state index in [1.54, 1.807) is 6.20 Å². The molecule has 3 aromatic rings. The van der Waals surface area contributed by atoms with E-state index in [9.17, 15) is 0 Å². The maximum atomic E-state index is 4.43. The SMILES string of the molecule is Cn1nccc1CNc1cccc2n[se]nc12. The zero-order valence-electron chi connectivity index (χ0n) is 9.29. The molecule has 0 bridgehead atoms. The van der Waals surface area contributed by atoms with Crippen molar-refractivity contribution in [1.82, 2.24) is 17.7 Å². The van der Waals surface area contributed by atoms with Crippen molar-refractivity contribution in [3.63, 3.8) is 0 Å². The van der Waals surface area contributed by atoms with Gasteiger partial charge in [0.1, 0.15) is 0 Å². The van der Waals surface area contributed by atoms with E-state index in [0.29, 0.717) is 0 Å². The third-order valence-corrected chi connectivity index (χ3v) is 3.81. The number of benzene rings is 1. The fourth-order valence-corrected chi connectivity index (χ4v) is 2.86. The Balaban J connectivity index is 1.86. The summed E-state index contributed by atoms with van der Waals surface area (Å²) in [6.07, 6.45) is 1.80. The average Bonchev–Trinajstić information content (AvgIpc) is 2.95. The van der Waals surface area contributed by atoms with Crippen LogP contribution in [0, 0.1) is 0 Å². The van der Waals surface area contributed by atoms with Gasteiger partial charge in [0.2, 0.25) is 0 Å². The first-order chi connectivity index (χ1) is 8.34. The standard InChI is InChI=1S/C11H11N5Se/c1-16-8(5-6-13-16)7-12-9-3-2-4-10-11(9)15-17-14-10/h2-6,12H,7H2,1H3. The summed E-state index contributed by atoms with van der Waals surface area (Å²) in [6.45, 7) is 0.746.